The van der Waals surface area contributed by atoms with Crippen molar-refractivity contribution >= 4 is 0 Å². The Labute approximate surface area is 95.1 Å². The molecule has 0 heterocycles. The van der Waals surface area contributed by atoms with E-state index >= 15 is 0 Å². The molecule has 0 aromatic heterocycles. The molecule has 5 atom stereocenters. The summed E-state index contributed by atoms with van der Waals surface area (Å²) in [6.45, 7) is 11.9. The fourth-order valence-electron chi connectivity index (χ4n) is 3.21. The zero-order valence-corrected chi connectivity index (χ0v) is 11.0. The number of hydrogen-bond donors (Lipinski definition) is 0. The SMILES string of the molecule is CCC(C)C1CC1C(C)C1=CC1C(C)C. The molecule has 2 aliphatic carbocycles. The molecule has 0 heteroatoms. The highest BCUT2D eigenvalue weighted by Gasteiger charge is 2.47. The molecule has 0 aromatic rings. The number of rotatable bonds is 5. The predicted molar refractivity (Wildman–Crippen MR) is 66.6 cm³/mol. The van der Waals surface area contributed by atoms with Crippen LogP contribution in [0.25, 0.3) is 0 Å². The molecule has 0 radical (unpaired) electrons. The molecule has 5 unspecified atom stereocenters. The van der Waals surface area contributed by atoms with Crippen LogP contribution < -0.4 is 0 Å². The summed E-state index contributed by atoms with van der Waals surface area (Å²) in [5.74, 6) is 5.60. The van der Waals surface area contributed by atoms with Gasteiger partial charge in [0.1, 0.15) is 0 Å². The molecule has 86 valence electrons. The van der Waals surface area contributed by atoms with E-state index in [1.165, 1.54) is 12.8 Å². The first kappa shape index (κ1) is 11.2. The Bertz CT molecular complexity index is 261. The lowest BCUT2D eigenvalue weighted by Gasteiger charge is -2.13. The van der Waals surface area contributed by atoms with Gasteiger partial charge in [-0.1, -0.05) is 52.7 Å². The standard InChI is InChI=1S/C15H26/c1-6-10(4)13-8-15(13)11(5)14-7-12(14)9(2)3/h7,9-13,15H,6,8H2,1-5H3. The second kappa shape index (κ2) is 3.96. The molecule has 0 N–H and O–H groups in total. The molecule has 0 saturated heterocycles. The maximum Gasteiger partial charge on any atom is 0.000575 e. The normalized spacial score (nSPS) is 37.5. The number of hydrogen-bond acceptors (Lipinski definition) is 0. The molecule has 0 bridgehead atoms. The monoisotopic (exact) mass is 206 g/mol. The first-order chi connectivity index (χ1) is 7.06. The van der Waals surface area contributed by atoms with Gasteiger partial charge in [-0.2, -0.15) is 0 Å². The maximum atomic E-state index is 2.52. The molecular weight excluding hydrogens is 180 g/mol. The first-order valence-corrected chi connectivity index (χ1v) is 6.77. The van der Waals surface area contributed by atoms with E-state index in [0.717, 1.165) is 35.5 Å². The van der Waals surface area contributed by atoms with Crippen LogP contribution in [0.4, 0.5) is 0 Å². The molecule has 0 amide bonds. The van der Waals surface area contributed by atoms with Crippen LogP contribution in [0.5, 0.6) is 0 Å². The molecule has 2 rings (SSSR count). The lowest BCUT2D eigenvalue weighted by Crippen LogP contribution is -2.06. The lowest BCUT2D eigenvalue weighted by molar-refractivity contribution is 0.416. The summed E-state index contributed by atoms with van der Waals surface area (Å²) in [6.07, 6.45) is 5.38. The predicted octanol–water partition coefficient (Wildman–Crippen LogP) is 4.52. The van der Waals surface area contributed by atoms with Gasteiger partial charge in [0.25, 0.3) is 0 Å². The van der Waals surface area contributed by atoms with Crippen molar-refractivity contribution in [3.63, 3.8) is 0 Å². The fourth-order valence-corrected chi connectivity index (χ4v) is 3.21. The van der Waals surface area contributed by atoms with Gasteiger partial charge in [0.05, 0.1) is 0 Å². The minimum absolute atomic E-state index is 0.836. The molecule has 15 heavy (non-hydrogen) atoms. The molecule has 2 aliphatic rings. The van der Waals surface area contributed by atoms with Crippen molar-refractivity contribution in [3.05, 3.63) is 11.6 Å². The average molecular weight is 206 g/mol. The lowest BCUT2D eigenvalue weighted by atomic mass is 9.91. The summed E-state index contributed by atoms with van der Waals surface area (Å²) >= 11 is 0. The minimum Gasteiger partial charge on any atom is -0.0770 e. The largest absolute Gasteiger partial charge is 0.0770 e. The van der Waals surface area contributed by atoms with Crippen molar-refractivity contribution in [2.24, 2.45) is 35.5 Å². The van der Waals surface area contributed by atoms with Crippen molar-refractivity contribution in [2.75, 3.05) is 0 Å². The molecule has 1 saturated carbocycles. The Hall–Kier alpha value is -0.260. The van der Waals surface area contributed by atoms with Gasteiger partial charge in [0.2, 0.25) is 0 Å². The van der Waals surface area contributed by atoms with Gasteiger partial charge in [0, 0.05) is 5.92 Å². The van der Waals surface area contributed by atoms with Crippen molar-refractivity contribution < 1.29 is 0 Å². The van der Waals surface area contributed by atoms with Gasteiger partial charge >= 0.3 is 0 Å². The van der Waals surface area contributed by atoms with Gasteiger partial charge in [0.15, 0.2) is 0 Å². The maximum absolute atomic E-state index is 2.52. The van der Waals surface area contributed by atoms with Crippen molar-refractivity contribution in [1.82, 2.24) is 0 Å². The molecule has 0 spiro atoms. The van der Waals surface area contributed by atoms with Crippen LogP contribution in [0, 0.1) is 35.5 Å². The van der Waals surface area contributed by atoms with E-state index in [0.29, 0.717) is 0 Å². The van der Waals surface area contributed by atoms with Crippen LogP contribution in [0.3, 0.4) is 0 Å². The van der Waals surface area contributed by atoms with E-state index in [1.54, 1.807) is 5.57 Å². The van der Waals surface area contributed by atoms with Gasteiger partial charge < -0.3 is 0 Å². The third kappa shape index (κ3) is 2.14. The Morgan fingerprint density at radius 1 is 1.20 bits per heavy atom. The molecule has 0 aromatic carbocycles. The Balaban J connectivity index is 1.81. The van der Waals surface area contributed by atoms with Crippen LogP contribution in [0.2, 0.25) is 0 Å². The summed E-state index contributed by atoms with van der Waals surface area (Å²) in [4.78, 5) is 0. The van der Waals surface area contributed by atoms with Crippen LogP contribution in [0.1, 0.15) is 47.5 Å². The quantitative estimate of drug-likeness (QED) is 0.580. The van der Waals surface area contributed by atoms with Gasteiger partial charge in [-0.25, -0.2) is 0 Å². The van der Waals surface area contributed by atoms with Crippen LogP contribution >= 0.6 is 0 Å². The third-order valence-corrected chi connectivity index (χ3v) is 4.80. The van der Waals surface area contributed by atoms with E-state index in [2.05, 4.69) is 40.7 Å². The number of allylic oxidation sites excluding steroid dienone is 2. The van der Waals surface area contributed by atoms with Crippen molar-refractivity contribution in [2.45, 2.75) is 47.5 Å². The summed E-state index contributed by atoms with van der Waals surface area (Å²) in [5.41, 5.74) is 1.78. The smallest absolute Gasteiger partial charge is 0.000575 e. The highest BCUT2D eigenvalue weighted by molar-refractivity contribution is 5.33. The Morgan fingerprint density at radius 3 is 2.33 bits per heavy atom. The van der Waals surface area contributed by atoms with Gasteiger partial charge in [-0.3, -0.25) is 0 Å². The van der Waals surface area contributed by atoms with E-state index in [1.807, 2.05) is 0 Å². The van der Waals surface area contributed by atoms with Crippen molar-refractivity contribution in [3.8, 4) is 0 Å². The summed E-state index contributed by atoms with van der Waals surface area (Å²) in [5, 5.41) is 0. The van der Waals surface area contributed by atoms with E-state index in [4.69, 9.17) is 0 Å². The third-order valence-electron chi connectivity index (χ3n) is 4.80. The van der Waals surface area contributed by atoms with Crippen molar-refractivity contribution in [1.29, 1.82) is 0 Å². The minimum atomic E-state index is 0.836. The van der Waals surface area contributed by atoms with Gasteiger partial charge in [-0.15, -0.1) is 0 Å². The Kier molecular flexibility index (Phi) is 2.96. The van der Waals surface area contributed by atoms with E-state index in [-0.39, 0.29) is 0 Å². The topological polar surface area (TPSA) is 0 Å². The highest BCUT2D eigenvalue weighted by atomic mass is 14.5. The van der Waals surface area contributed by atoms with E-state index < -0.39 is 0 Å². The second-order valence-electron chi connectivity index (χ2n) is 6.17. The zero-order chi connectivity index (χ0) is 11.2. The molecule has 0 aliphatic heterocycles. The van der Waals surface area contributed by atoms with E-state index in [9.17, 15) is 0 Å². The first-order valence-electron chi connectivity index (χ1n) is 6.77. The summed E-state index contributed by atoms with van der Waals surface area (Å²) in [7, 11) is 0. The zero-order valence-electron chi connectivity index (χ0n) is 11.0. The average Bonchev–Trinajstić information content (AvgIpc) is 3.05. The van der Waals surface area contributed by atoms with Gasteiger partial charge in [-0.05, 0) is 36.0 Å². The summed E-state index contributed by atoms with van der Waals surface area (Å²) in [6, 6.07) is 0. The Morgan fingerprint density at radius 2 is 1.87 bits per heavy atom. The fraction of sp³-hybridized carbons (Fsp3) is 0.867. The van der Waals surface area contributed by atoms with Crippen LogP contribution in [0.15, 0.2) is 11.6 Å². The highest BCUT2D eigenvalue weighted by Crippen LogP contribution is 2.56. The van der Waals surface area contributed by atoms with Crippen LogP contribution in [-0.2, 0) is 0 Å². The van der Waals surface area contributed by atoms with Crippen LogP contribution in [-0.4, -0.2) is 0 Å². The molecule has 0 nitrogen and oxygen atoms in total. The second-order valence-corrected chi connectivity index (χ2v) is 6.17. The summed E-state index contributed by atoms with van der Waals surface area (Å²) < 4.78 is 0. The molecular formula is C15H26. The molecule has 1 fully saturated rings.